The molecular weight excluding hydrogens is 268 g/mol. The van der Waals surface area contributed by atoms with Crippen LogP contribution in [0.25, 0.3) is 0 Å². The molecule has 0 aromatic heterocycles. The number of carboxylic acids is 1. The number of rotatable bonds is 5. The molecule has 0 radical (unpaired) electrons. The minimum atomic E-state index is -0.750. The van der Waals surface area contributed by atoms with Crippen LogP contribution in [0.1, 0.15) is 37.3 Å². The van der Waals surface area contributed by atoms with Gasteiger partial charge < -0.3 is 15.7 Å². The van der Waals surface area contributed by atoms with Crippen LogP contribution < -0.4 is 5.73 Å². The van der Waals surface area contributed by atoms with E-state index in [9.17, 15) is 9.59 Å². The molecule has 114 valence electrons. The summed E-state index contributed by atoms with van der Waals surface area (Å²) in [5.41, 5.74) is 6.86. The third kappa shape index (κ3) is 4.29. The van der Waals surface area contributed by atoms with Crippen LogP contribution >= 0.6 is 0 Å². The van der Waals surface area contributed by atoms with Gasteiger partial charge in [-0.2, -0.15) is 0 Å². The molecule has 1 aromatic rings. The highest BCUT2D eigenvalue weighted by Gasteiger charge is 2.27. The largest absolute Gasteiger partial charge is 0.481 e. The molecule has 1 atom stereocenters. The molecule has 0 unspecified atom stereocenters. The molecule has 1 aliphatic heterocycles. The van der Waals surface area contributed by atoms with Crippen molar-refractivity contribution in [1.82, 2.24) is 4.90 Å². The Morgan fingerprint density at radius 2 is 1.86 bits per heavy atom. The number of carbonyl (C=O) groups is 2. The van der Waals surface area contributed by atoms with E-state index in [-0.39, 0.29) is 12.3 Å². The zero-order chi connectivity index (χ0) is 15.2. The Balaban J connectivity index is 1.84. The van der Waals surface area contributed by atoms with Gasteiger partial charge in [-0.3, -0.25) is 9.59 Å². The van der Waals surface area contributed by atoms with Gasteiger partial charge in [-0.25, -0.2) is 0 Å². The number of nitrogens with zero attached hydrogens (tertiary/aromatic N) is 1. The fourth-order valence-electron chi connectivity index (χ4n) is 2.77. The normalized spacial score (nSPS) is 17.5. The molecule has 1 saturated heterocycles. The second-order valence-electron chi connectivity index (χ2n) is 5.59. The first-order chi connectivity index (χ1) is 10.1. The first kappa shape index (κ1) is 15.5. The molecule has 1 aliphatic rings. The predicted octanol–water partition coefficient (Wildman–Crippen LogP) is 1.79. The van der Waals surface area contributed by atoms with Gasteiger partial charge in [0.15, 0.2) is 0 Å². The highest BCUT2D eigenvalue weighted by atomic mass is 16.4. The van der Waals surface area contributed by atoms with E-state index in [0.717, 1.165) is 18.4 Å². The molecule has 0 spiro atoms. The summed E-state index contributed by atoms with van der Waals surface area (Å²) in [4.78, 5) is 24.8. The van der Waals surface area contributed by atoms with Crippen LogP contribution in [0, 0.1) is 5.92 Å². The number of likely N-dealkylation sites (tertiary alicyclic amines) is 1. The summed E-state index contributed by atoms with van der Waals surface area (Å²) < 4.78 is 0. The molecule has 5 nitrogen and oxygen atoms in total. The highest BCUT2D eigenvalue weighted by molar-refractivity contribution is 5.83. The summed E-state index contributed by atoms with van der Waals surface area (Å²) >= 11 is 0. The molecule has 1 amide bonds. The second kappa shape index (κ2) is 7.22. The van der Waals surface area contributed by atoms with Crippen molar-refractivity contribution in [3.8, 4) is 0 Å². The fraction of sp³-hybridized carbons (Fsp3) is 0.500. The van der Waals surface area contributed by atoms with Gasteiger partial charge >= 0.3 is 5.97 Å². The number of hydrogen-bond acceptors (Lipinski definition) is 3. The SMILES string of the molecule is N[C@@H](C(=O)N1CCC(CCC(=O)O)CC1)c1ccccc1. The van der Waals surface area contributed by atoms with Crippen molar-refractivity contribution >= 4 is 11.9 Å². The predicted molar refractivity (Wildman–Crippen MR) is 79.5 cm³/mol. The van der Waals surface area contributed by atoms with Crippen molar-refractivity contribution in [3.05, 3.63) is 35.9 Å². The number of carboxylic acid groups (broad SMARTS) is 1. The monoisotopic (exact) mass is 290 g/mol. The Bertz CT molecular complexity index is 482. The van der Waals surface area contributed by atoms with Crippen LogP contribution in [-0.4, -0.2) is 35.0 Å². The lowest BCUT2D eigenvalue weighted by Gasteiger charge is -2.33. The molecule has 21 heavy (non-hydrogen) atoms. The molecular formula is C16H22N2O3. The summed E-state index contributed by atoms with van der Waals surface area (Å²) in [5, 5.41) is 8.70. The van der Waals surface area contributed by atoms with Gasteiger partial charge in [-0.1, -0.05) is 30.3 Å². The van der Waals surface area contributed by atoms with Gasteiger partial charge in [-0.15, -0.1) is 0 Å². The number of piperidine rings is 1. The summed E-state index contributed by atoms with van der Waals surface area (Å²) in [6.07, 6.45) is 2.63. The molecule has 2 rings (SSSR count). The molecule has 1 heterocycles. The zero-order valence-corrected chi connectivity index (χ0v) is 12.1. The summed E-state index contributed by atoms with van der Waals surface area (Å²) in [6, 6.07) is 8.77. The number of nitrogens with two attached hydrogens (primary N) is 1. The molecule has 1 fully saturated rings. The van der Waals surface area contributed by atoms with E-state index in [1.807, 2.05) is 30.3 Å². The second-order valence-corrected chi connectivity index (χ2v) is 5.59. The van der Waals surface area contributed by atoms with Crippen LogP contribution in [0.5, 0.6) is 0 Å². The van der Waals surface area contributed by atoms with Crippen LogP contribution in [0.3, 0.4) is 0 Å². The van der Waals surface area contributed by atoms with Gasteiger partial charge in [0, 0.05) is 19.5 Å². The zero-order valence-electron chi connectivity index (χ0n) is 12.1. The quantitative estimate of drug-likeness (QED) is 0.866. The van der Waals surface area contributed by atoms with E-state index in [2.05, 4.69) is 0 Å². The van der Waals surface area contributed by atoms with E-state index in [4.69, 9.17) is 10.8 Å². The molecule has 1 aromatic carbocycles. The third-order valence-electron chi connectivity index (χ3n) is 4.12. The lowest BCUT2D eigenvalue weighted by molar-refractivity contribution is -0.138. The van der Waals surface area contributed by atoms with E-state index >= 15 is 0 Å². The standard InChI is InChI=1S/C16H22N2O3/c17-15(13-4-2-1-3-5-13)16(21)18-10-8-12(9-11-18)6-7-14(19)20/h1-5,12,15H,6-11,17H2,(H,19,20)/t15-/m1/s1. The number of carbonyl (C=O) groups excluding carboxylic acids is 1. The van der Waals surface area contributed by atoms with Gasteiger partial charge in [0.2, 0.25) is 5.91 Å². The van der Waals surface area contributed by atoms with Crippen molar-refractivity contribution in [2.45, 2.75) is 31.7 Å². The highest BCUT2D eigenvalue weighted by Crippen LogP contribution is 2.24. The maximum Gasteiger partial charge on any atom is 0.303 e. The molecule has 3 N–H and O–H groups in total. The number of benzene rings is 1. The van der Waals surface area contributed by atoms with E-state index in [1.165, 1.54) is 0 Å². The van der Waals surface area contributed by atoms with E-state index in [1.54, 1.807) is 4.90 Å². The van der Waals surface area contributed by atoms with Crippen molar-refractivity contribution < 1.29 is 14.7 Å². The number of hydrogen-bond donors (Lipinski definition) is 2. The van der Waals surface area contributed by atoms with Crippen LogP contribution in [0.15, 0.2) is 30.3 Å². The number of aliphatic carboxylic acids is 1. The van der Waals surface area contributed by atoms with Gasteiger partial charge in [-0.05, 0) is 30.7 Å². The maximum absolute atomic E-state index is 12.4. The summed E-state index contributed by atoms with van der Waals surface area (Å²) in [7, 11) is 0. The molecule has 5 heteroatoms. The average molecular weight is 290 g/mol. The van der Waals surface area contributed by atoms with Crippen molar-refractivity contribution in [2.75, 3.05) is 13.1 Å². The van der Waals surface area contributed by atoms with Crippen LogP contribution in [-0.2, 0) is 9.59 Å². The van der Waals surface area contributed by atoms with Crippen molar-refractivity contribution in [3.63, 3.8) is 0 Å². The van der Waals surface area contributed by atoms with Crippen molar-refractivity contribution in [1.29, 1.82) is 0 Å². The maximum atomic E-state index is 12.4. The Hall–Kier alpha value is -1.88. The smallest absolute Gasteiger partial charge is 0.303 e. The van der Waals surface area contributed by atoms with Crippen LogP contribution in [0.2, 0.25) is 0 Å². The topological polar surface area (TPSA) is 83.6 Å². The minimum absolute atomic E-state index is 0.0436. The Kier molecular flexibility index (Phi) is 5.33. The van der Waals surface area contributed by atoms with Crippen LogP contribution in [0.4, 0.5) is 0 Å². The van der Waals surface area contributed by atoms with Crippen molar-refractivity contribution in [2.24, 2.45) is 11.7 Å². The van der Waals surface area contributed by atoms with E-state index < -0.39 is 12.0 Å². The first-order valence-corrected chi connectivity index (χ1v) is 7.39. The summed E-state index contributed by atoms with van der Waals surface area (Å²) in [5.74, 6) is -0.393. The summed E-state index contributed by atoms with van der Waals surface area (Å²) in [6.45, 7) is 1.34. The third-order valence-corrected chi connectivity index (χ3v) is 4.12. The molecule has 0 aliphatic carbocycles. The Morgan fingerprint density at radius 3 is 2.43 bits per heavy atom. The van der Waals surface area contributed by atoms with E-state index in [0.29, 0.717) is 25.4 Å². The van der Waals surface area contributed by atoms with Gasteiger partial charge in [0.1, 0.15) is 6.04 Å². The average Bonchev–Trinajstić information content (AvgIpc) is 2.53. The molecule has 0 bridgehead atoms. The van der Waals surface area contributed by atoms with Gasteiger partial charge in [0.05, 0.1) is 0 Å². The fourth-order valence-corrected chi connectivity index (χ4v) is 2.77. The first-order valence-electron chi connectivity index (χ1n) is 7.39. The Labute approximate surface area is 124 Å². The minimum Gasteiger partial charge on any atom is -0.481 e. The Morgan fingerprint density at radius 1 is 1.24 bits per heavy atom. The lowest BCUT2D eigenvalue weighted by atomic mass is 9.91. The van der Waals surface area contributed by atoms with Gasteiger partial charge in [0.25, 0.3) is 0 Å². The molecule has 0 saturated carbocycles. The number of amides is 1. The lowest BCUT2D eigenvalue weighted by Crippen LogP contribution is -2.43.